The predicted octanol–water partition coefficient (Wildman–Crippen LogP) is 4.77. The second-order valence-corrected chi connectivity index (χ2v) is 8.04. The van der Waals surface area contributed by atoms with Crippen LogP contribution in [0.2, 0.25) is 0 Å². The number of ether oxygens (including phenoxy) is 1. The Morgan fingerprint density at radius 1 is 1.03 bits per heavy atom. The summed E-state index contributed by atoms with van der Waals surface area (Å²) in [5.41, 5.74) is 7.95. The zero-order chi connectivity index (χ0) is 19.8. The molecule has 0 saturated carbocycles. The average molecular weight is 383 g/mol. The van der Waals surface area contributed by atoms with E-state index in [0.717, 1.165) is 19.4 Å². The molecular formula is C26H25NO2. The van der Waals surface area contributed by atoms with Gasteiger partial charge in [0.05, 0.1) is 13.2 Å². The molecule has 3 aromatic carbocycles. The normalized spacial score (nSPS) is 16.4. The summed E-state index contributed by atoms with van der Waals surface area (Å²) in [5, 5.41) is 2.54. The molecule has 0 aliphatic carbocycles. The largest absolute Gasteiger partial charge is 0.372 e. The lowest BCUT2D eigenvalue weighted by Gasteiger charge is -2.31. The Kier molecular flexibility index (Phi) is 4.69. The van der Waals surface area contributed by atoms with E-state index < -0.39 is 0 Å². The molecule has 0 aromatic heterocycles. The fraction of sp³-hybridized carbons (Fsp3) is 0.269. The molecule has 0 radical (unpaired) electrons. The van der Waals surface area contributed by atoms with E-state index >= 15 is 0 Å². The molecule has 0 saturated heterocycles. The smallest absolute Gasteiger partial charge is 0.219 e. The summed E-state index contributed by atoms with van der Waals surface area (Å²) < 4.78 is 5.96. The molecule has 2 heterocycles. The summed E-state index contributed by atoms with van der Waals surface area (Å²) >= 11 is 0. The van der Waals surface area contributed by atoms with Crippen molar-refractivity contribution in [3.63, 3.8) is 0 Å². The first kappa shape index (κ1) is 18.1. The van der Waals surface area contributed by atoms with Crippen molar-refractivity contribution in [1.29, 1.82) is 0 Å². The molecule has 0 bridgehead atoms. The Morgan fingerprint density at radius 3 is 2.66 bits per heavy atom. The molecule has 3 heteroatoms. The number of carbonyl (C=O) groups excluding carboxylic acids is 1. The van der Waals surface area contributed by atoms with E-state index in [1.54, 1.807) is 6.92 Å². The van der Waals surface area contributed by atoms with Crippen molar-refractivity contribution < 1.29 is 9.53 Å². The summed E-state index contributed by atoms with van der Waals surface area (Å²) in [5.74, 6) is 0.149. The Labute approximate surface area is 171 Å². The highest BCUT2D eigenvalue weighted by molar-refractivity contribution is 5.97. The SMILES string of the molecule is CC(=O)N1CCc2cc3ccccc3c(C3=C(Cc4ccccc4)COC3)c2C1. The van der Waals surface area contributed by atoms with Crippen LogP contribution in [0.4, 0.5) is 0 Å². The van der Waals surface area contributed by atoms with Crippen molar-refractivity contribution >= 4 is 22.3 Å². The van der Waals surface area contributed by atoms with Crippen molar-refractivity contribution in [3.05, 3.63) is 88.5 Å². The van der Waals surface area contributed by atoms with Crippen LogP contribution >= 0.6 is 0 Å². The van der Waals surface area contributed by atoms with Gasteiger partial charge in [-0.1, -0.05) is 60.7 Å². The van der Waals surface area contributed by atoms with Crippen LogP contribution in [0.3, 0.4) is 0 Å². The van der Waals surface area contributed by atoms with Crippen LogP contribution in [-0.2, 0) is 28.9 Å². The van der Waals surface area contributed by atoms with Gasteiger partial charge < -0.3 is 9.64 Å². The van der Waals surface area contributed by atoms with Crippen molar-refractivity contribution in [1.82, 2.24) is 4.90 Å². The average Bonchev–Trinajstić information content (AvgIpc) is 3.19. The van der Waals surface area contributed by atoms with Crippen LogP contribution in [-0.4, -0.2) is 30.6 Å². The minimum Gasteiger partial charge on any atom is -0.372 e. The number of rotatable bonds is 3. The van der Waals surface area contributed by atoms with Gasteiger partial charge in [-0.3, -0.25) is 4.79 Å². The van der Waals surface area contributed by atoms with Crippen LogP contribution in [0.25, 0.3) is 16.3 Å². The van der Waals surface area contributed by atoms with Gasteiger partial charge in [-0.05, 0) is 57.0 Å². The monoisotopic (exact) mass is 383 g/mol. The molecular weight excluding hydrogens is 358 g/mol. The molecule has 0 atom stereocenters. The first-order valence-corrected chi connectivity index (χ1v) is 10.3. The van der Waals surface area contributed by atoms with Gasteiger partial charge in [-0.15, -0.1) is 0 Å². The molecule has 2 aliphatic heterocycles. The van der Waals surface area contributed by atoms with Crippen LogP contribution in [0, 0.1) is 0 Å². The van der Waals surface area contributed by atoms with E-state index in [0.29, 0.717) is 19.8 Å². The van der Waals surface area contributed by atoms with Crippen LogP contribution < -0.4 is 0 Å². The fourth-order valence-corrected chi connectivity index (χ4v) is 4.71. The highest BCUT2D eigenvalue weighted by Gasteiger charge is 2.27. The first-order chi connectivity index (χ1) is 14.2. The molecule has 0 unspecified atom stereocenters. The zero-order valence-electron chi connectivity index (χ0n) is 16.8. The third-order valence-corrected chi connectivity index (χ3v) is 6.21. The Hall–Kier alpha value is -2.91. The summed E-state index contributed by atoms with van der Waals surface area (Å²) in [4.78, 5) is 14.1. The molecule has 146 valence electrons. The van der Waals surface area contributed by atoms with Gasteiger partial charge >= 0.3 is 0 Å². The van der Waals surface area contributed by atoms with E-state index in [1.165, 1.54) is 44.2 Å². The van der Waals surface area contributed by atoms with Gasteiger partial charge in [0.15, 0.2) is 0 Å². The number of hydrogen-bond acceptors (Lipinski definition) is 2. The highest BCUT2D eigenvalue weighted by Crippen LogP contribution is 2.38. The third-order valence-electron chi connectivity index (χ3n) is 6.21. The van der Waals surface area contributed by atoms with E-state index in [-0.39, 0.29) is 5.91 Å². The third kappa shape index (κ3) is 3.36. The molecule has 3 aromatic rings. The van der Waals surface area contributed by atoms with Crippen molar-refractivity contribution in [3.8, 4) is 0 Å². The minimum atomic E-state index is 0.149. The second-order valence-electron chi connectivity index (χ2n) is 8.04. The summed E-state index contributed by atoms with van der Waals surface area (Å²) in [6, 6.07) is 21.5. The molecule has 29 heavy (non-hydrogen) atoms. The number of nitrogens with zero attached hydrogens (tertiary/aromatic N) is 1. The predicted molar refractivity (Wildman–Crippen MR) is 117 cm³/mol. The summed E-state index contributed by atoms with van der Waals surface area (Å²) in [6.45, 7) is 4.48. The molecule has 0 spiro atoms. The summed E-state index contributed by atoms with van der Waals surface area (Å²) in [6.07, 6.45) is 1.82. The number of benzene rings is 3. The van der Waals surface area contributed by atoms with E-state index in [2.05, 4.69) is 60.7 Å². The molecule has 0 N–H and O–H groups in total. The van der Waals surface area contributed by atoms with Crippen molar-refractivity contribution in [2.24, 2.45) is 0 Å². The van der Waals surface area contributed by atoms with Gasteiger partial charge in [-0.25, -0.2) is 0 Å². The lowest BCUT2D eigenvalue weighted by Crippen LogP contribution is -2.34. The fourth-order valence-electron chi connectivity index (χ4n) is 4.71. The van der Waals surface area contributed by atoms with Gasteiger partial charge in [0.25, 0.3) is 0 Å². The standard InChI is InChI=1S/C26H25NO2/c1-18(28)27-12-11-21-14-20-9-5-6-10-23(20)26(24(21)15-27)25-17-29-16-22(25)13-19-7-3-2-4-8-19/h2-10,14H,11-13,15-17H2,1H3. The Balaban J connectivity index is 1.69. The van der Waals surface area contributed by atoms with E-state index in [1.807, 2.05) is 4.90 Å². The molecule has 2 aliphatic rings. The van der Waals surface area contributed by atoms with Crippen molar-refractivity contribution in [2.45, 2.75) is 26.3 Å². The van der Waals surface area contributed by atoms with Gasteiger partial charge in [-0.2, -0.15) is 0 Å². The highest BCUT2D eigenvalue weighted by atomic mass is 16.5. The topological polar surface area (TPSA) is 29.5 Å². The molecule has 3 nitrogen and oxygen atoms in total. The maximum atomic E-state index is 12.1. The lowest BCUT2D eigenvalue weighted by atomic mass is 9.84. The maximum absolute atomic E-state index is 12.1. The first-order valence-electron chi connectivity index (χ1n) is 10.3. The van der Waals surface area contributed by atoms with Gasteiger partial charge in [0.2, 0.25) is 5.91 Å². The van der Waals surface area contributed by atoms with Crippen molar-refractivity contribution in [2.75, 3.05) is 19.8 Å². The van der Waals surface area contributed by atoms with Gasteiger partial charge in [0, 0.05) is 20.0 Å². The van der Waals surface area contributed by atoms with Crippen LogP contribution in [0.5, 0.6) is 0 Å². The number of fused-ring (bicyclic) bond motifs is 2. The molecule has 1 amide bonds. The van der Waals surface area contributed by atoms with E-state index in [4.69, 9.17) is 4.74 Å². The molecule has 0 fully saturated rings. The minimum absolute atomic E-state index is 0.149. The number of amides is 1. The quantitative estimate of drug-likeness (QED) is 0.652. The van der Waals surface area contributed by atoms with Crippen LogP contribution in [0.1, 0.15) is 29.2 Å². The van der Waals surface area contributed by atoms with E-state index in [9.17, 15) is 4.79 Å². The zero-order valence-corrected chi connectivity index (χ0v) is 16.8. The number of carbonyl (C=O) groups is 1. The van der Waals surface area contributed by atoms with Gasteiger partial charge in [0.1, 0.15) is 0 Å². The second kappa shape index (κ2) is 7.49. The lowest BCUT2D eigenvalue weighted by molar-refractivity contribution is -0.129. The Morgan fingerprint density at radius 2 is 1.83 bits per heavy atom. The molecule has 5 rings (SSSR count). The number of hydrogen-bond donors (Lipinski definition) is 0. The summed E-state index contributed by atoms with van der Waals surface area (Å²) in [7, 11) is 0. The maximum Gasteiger partial charge on any atom is 0.219 e. The van der Waals surface area contributed by atoms with Crippen LogP contribution in [0.15, 0.2) is 66.2 Å². The Bertz CT molecular complexity index is 1110.